The summed E-state index contributed by atoms with van der Waals surface area (Å²) in [7, 11) is 0. The number of rotatable bonds is 20. The van der Waals surface area contributed by atoms with Crippen LogP contribution in [0.5, 0.6) is 0 Å². The molecule has 0 aliphatic heterocycles. The van der Waals surface area contributed by atoms with Crippen LogP contribution in [-0.4, -0.2) is 0 Å². The quantitative estimate of drug-likeness (QED) is 0.0557. The molecular weight excluding hydrogens is 1750 g/mol. The van der Waals surface area contributed by atoms with Crippen LogP contribution in [0.2, 0.25) is 0 Å². The van der Waals surface area contributed by atoms with Gasteiger partial charge >= 0.3 is 0 Å². The molecule has 0 aliphatic rings. The van der Waals surface area contributed by atoms with Crippen molar-refractivity contribution in [1.29, 1.82) is 0 Å². The molecule has 0 unspecified atom stereocenters. The van der Waals surface area contributed by atoms with Gasteiger partial charge in [0, 0.05) is 90.8 Å². The summed E-state index contributed by atoms with van der Waals surface area (Å²) < 4.78 is 216. The lowest BCUT2D eigenvalue weighted by Crippen LogP contribution is -2.14. The van der Waals surface area contributed by atoms with E-state index >= 15 is 35.1 Å². The molecular formula is C128H80F8N4. The third kappa shape index (κ3) is 16.0. The van der Waals surface area contributed by atoms with Gasteiger partial charge in [-0.05, 0) is 243 Å². The second kappa shape index (κ2) is 36.7. The Morgan fingerprint density at radius 1 is 0.150 bits per heavy atom. The lowest BCUT2D eigenvalue weighted by molar-refractivity contribution is 0.586. The van der Waals surface area contributed by atoms with Crippen LogP contribution in [-0.2, 0) is 0 Å². The van der Waals surface area contributed by atoms with Gasteiger partial charge in [0.2, 0.25) is 0 Å². The van der Waals surface area contributed by atoms with Crippen molar-refractivity contribution < 1.29 is 48.8 Å². The van der Waals surface area contributed by atoms with Gasteiger partial charge in [-0.2, -0.15) is 0 Å². The van der Waals surface area contributed by atoms with Crippen LogP contribution in [0.1, 0.15) is 13.7 Å². The zero-order valence-electron chi connectivity index (χ0n) is 84.2. The van der Waals surface area contributed by atoms with E-state index in [0.717, 1.165) is 112 Å². The lowest BCUT2D eigenvalue weighted by Gasteiger charge is -2.30. The van der Waals surface area contributed by atoms with Crippen molar-refractivity contribution in [3.05, 3.63) is 532 Å². The average Bonchev–Trinajstić information content (AvgIpc) is 0.721. The number of para-hydroxylation sites is 4. The normalized spacial score (nSPS) is 12.4. The largest absolute Gasteiger partial charge is 0.307 e. The maximum Gasteiger partial charge on any atom is 0.150 e. The number of hydrogen-bond acceptors (Lipinski definition) is 4. The summed E-state index contributed by atoms with van der Waals surface area (Å²) in [4.78, 5) is 6.85. The number of nitrogens with zero attached hydrogens (tertiary/aromatic N) is 4. The van der Waals surface area contributed by atoms with Gasteiger partial charge in [-0.25, -0.2) is 35.1 Å². The molecule has 0 saturated carbocycles. The fourth-order valence-corrected chi connectivity index (χ4v) is 19.4. The standard InChI is InChI=1S/C76H48F4N2.C52H32F4N2/c77-67-47-69(79)73(45-65(67)59-41-55(49-19-7-1-8-20-49)39-56(42-59)50-21-9-2-10-22-50)81(61-27-15-5-16-28-61)71-37-33-53-32-36-64-72(38-34-54-31-35-63(71)75(53)76(54)64)82(62-29-17-6-18-30-62)74-46-66(68(78)48-70(74)80)60-43-57(51-23-11-3-12-24-51)40-58(44-60)52-25-13-4-14-26-52;53-43-31-45(55)49(29-41(43)33-13-5-1-6-14-33)57(37-17-9-3-10-18-37)47-27-23-35-22-26-40-48(28-24-36-21-25-39(47)51(35)52(36)40)58(38-19-11-4-12-20-38)50-30-42(44(54)32-46(50)56)34-15-7-2-8-16-34/h1-48H;1-32H/i;1D,2D,5D,6D,7D,8D,13D,14D,15D,16D. The Balaban J connectivity index is 0.000000167. The summed E-state index contributed by atoms with van der Waals surface area (Å²) in [5.74, 6) is -7.12. The monoisotopic (exact) mass is 1830 g/mol. The van der Waals surface area contributed by atoms with Gasteiger partial charge < -0.3 is 19.6 Å². The van der Waals surface area contributed by atoms with Crippen molar-refractivity contribution in [3.63, 3.8) is 0 Å². The summed E-state index contributed by atoms with van der Waals surface area (Å²) in [6.45, 7) is 0. The number of anilines is 12. The summed E-state index contributed by atoms with van der Waals surface area (Å²) >= 11 is 0. The second-order valence-corrected chi connectivity index (χ2v) is 34.1. The van der Waals surface area contributed by atoms with E-state index < -0.39 is 129 Å². The molecule has 4 nitrogen and oxygen atoms in total. The first-order chi connectivity index (χ1) is 72.9. The van der Waals surface area contributed by atoms with Gasteiger partial charge in [-0.3, -0.25) is 0 Å². The molecule has 0 aromatic heterocycles. The van der Waals surface area contributed by atoms with Gasteiger partial charge in [0.1, 0.15) is 46.5 Å². The van der Waals surface area contributed by atoms with Crippen LogP contribution in [0.4, 0.5) is 103 Å². The molecule has 668 valence electrons. The van der Waals surface area contributed by atoms with Gasteiger partial charge in [0.05, 0.1) is 59.2 Å². The summed E-state index contributed by atoms with van der Waals surface area (Å²) in [6.07, 6.45) is 0. The molecule has 24 rings (SSSR count). The molecule has 12 heteroatoms. The Morgan fingerprint density at radius 3 is 0.564 bits per heavy atom. The molecule has 0 spiro atoms. The smallest absolute Gasteiger partial charge is 0.150 e. The van der Waals surface area contributed by atoms with Crippen LogP contribution in [0, 0.1) is 46.5 Å². The first-order valence-electron chi connectivity index (χ1n) is 50.3. The highest BCUT2D eigenvalue weighted by atomic mass is 19.2. The summed E-state index contributed by atoms with van der Waals surface area (Å²) in [5.41, 5.74) is 11.8. The van der Waals surface area contributed by atoms with E-state index in [2.05, 4.69) is 36.4 Å². The number of hydrogen-bond donors (Lipinski definition) is 0. The van der Waals surface area contributed by atoms with Crippen molar-refractivity contribution in [3.8, 4) is 89.0 Å². The Morgan fingerprint density at radius 2 is 0.343 bits per heavy atom. The van der Waals surface area contributed by atoms with Gasteiger partial charge in [-0.15, -0.1) is 0 Å². The van der Waals surface area contributed by atoms with E-state index in [4.69, 9.17) is 13.7 Å². The SMILES string of the molecule is Fc1cc(F)c(N(c2ccccc2)c2ccc3ccc4c(N(c5ccccc5)c5cc(-c6cc(-c7ccccc7)cc(-c7ccccc7)c6)c(F)cc5F)ccc5ccc2c3c54)cc1-c1cc(-c2ccccc2)cc(-c2ccccc2)c1.[2H]c1c([2H])c([2H])c(-c2cc(N(c3ccccc3)c3ccc4ccc5c(N(c6ccccc6)c6cc(-c7c([2H])c([2H])c([2H])c([2H])c7[2H])c(F)cc6F)ccc6ccc3c4c65)c(F)cc2F)c([2H])c1[2H]. The van der Waals surface area contributed by atoms with E-state index in [1.54, 1.807) is 94.7 Å². The summed E-state index contributed by atoms with van der Waals surface area (Å²) in [6, 6.07) is 121. The van der Waals surface area contributed by atoms with Crippen molar-refractivity contribution in [2.24, 2.45) is 0 Å². The molecule has 0 heterocycles. The molecule has 0 bridgehead atoms. The number of benzene rings is 24. The molecule has 0 amide bonds. The van der Waals surface area contributed by atoms with Gasteiger partial charge in [0.25, 0.3) is 0 Å². The second-order valence-electron chi connectivity index (χ2n) is 34.1. The van der Waals surface area contributed by atoms with Crippen LogP contribution < -0.4 is 19.6 Å². The van der Waals surface area contributed by atoms with E-state index in [-0.39, 0.29) is 33.9 Å². The van der Waals surface area contributed by atoms with Gasteiger partial charge in [-0.1, -0.05) is 327 Å². The van der Waals surface area contributed by atoms with Crippen LogP contribution >= 0.6 is 0 Å². The van der Waals surface area contributed by atoms with Crippen LogP contribution in [0.25, 0.3) is 154 Å². The van der Waals surface area contributed by atoms with Crippen LogP contribution in [0.15, 0.2) is 485 Å². The van der Waals surface area contributed by atoms with E-state index in [1.165, 1.54) is 0 Å². The molecule has 140 heavy (non-hydrogen) atoms. The third-order valence-electron chi connectivity index (χ3n) is 25.8. The topological polar surface area (TPSA) is 13.0 Å². The zero-order chi connectivity index (χ0) is 103. The average molecular weight is 1840 g/mol. The van der Waals surface area contributed by atoms with E-state index in [0.29, 0.717) is 90.3 Å². The van der Waals surface area contributed by atoms with Crippen molar-refractivity contribution >= 4 is 133 Å². The molecule has 0 atom stereocenters. The highest BCUT2D eigenvalue weighted by Crippen LogP contribution is 2.54. The zero-order valence-corrected chi connectivity index (χ0v) is 74.2. The minimum atomic E-state index is -1.14. The molecule has 24 aromatic carbocycles. The minimum Gasteiger partial charge on any atom is -0.307 e. The lowest BCUT2D eigenvalue weighted by atomic mass is 9.91. The van der Waals surface area contributed by atoms with Gasteiger partial charge in [0.15, 0.2) is 0 Å². The predicted octanol–water partition coefficient (Wildman–Crippen LogP) is 37.5. The molecule has 0 N–H and O–H groups in total. The Kier molecular flexibility index (Phi) is 19.7. The summed E-state index contributed by atoms with van der Waals surface area (Å²) in [5, 5.41) is 9.40. The molecule has 0 saturated heterocycles. The maximum absolute atomic E-state index is 17.2. The third-order valence-corrected chi connectivity index (χ3v) is 25.8. The first kappa shape index (κ1) is 75.3. The van der Waals surface area contributed by atoms with Crippen molar-refractivity contribution in [1.82, 2.24) is 0 Å². The Bertz CT molecular complexity index is 8730. The highest BCUT2D eigenvalue weighted by Gasteiger charge is 2.31. The Labute approximate surface area is 817 Å². The Hall–Kier alpha value is -18.0. The number of halogens is 8. The van der Waals surface area contributed by atoms with Crippen LogP contribution in [0.3, 0.4) is 0 Å². The molecule has 0 radical (unpaired) electrons. The predicted molar refractivity (Wildman–Crippen MR) is 562 cm³/mol. The van der Waals surface area contributed by atoms with Crippen molar-refractivity contribution in [2.45, 2.75) is 0 Å². The molecule has 0 aliphatic carbocycles. The van der Waals surface area contributed by atoms with E-state index in [9.17, 15) is 0 Å². The molecule has 0 fully saturated rings. The fraction of sp³-hybridized carbons (Fsp3) is 0. The van der Waals surface area contributed by atoms with Crippen molar-refractivity contribution in [2.75, 3.05) is 19.6 Å². The highest BCUT2D eigenvalue weighted by molar-refractivity contribution is 6.30. The fourth-order valence-electron chi connectivity index (χ4n) is 19.4. The minimum absolute atomic E-state index is 0.160. The molecule has 24 aromatic rings. The van der Waals surface area contributed by atoms with E-state index in [1.807, 2.05) is 277 Å². The first-order valence-corrected chi connectivity index (χ1v) is 45.3. The maximum atomic E-state index is 17.2.